The van der Waals surface area contributed by atoms with Crippen molar-refractivity contribution < 1.29 is 0 Å². The molecular weight excluding hydrogens is 238 g/mol. The smallest absolute Gasteiger partial charge is 0.00451 e. The van der Waals surface area contributed by atoms with Gasteiger partial charge in [0.25, 0.3) is 0 Å². The Balaban J connectivity index is 1.75. The molecule has 0 saturated carbocycles. The molecule has 1 aromatic carbocycles. The van der Waals surface area contributed by atoms with Crippen molar-refractivity contribution in [3.8, 4) is 0 Å². The Labute approximate surface area is 114 Å². The molecule has 18 heavy (non-hydrogen) atoms. The van der Waals surface area contributed by atoms with Crippen molar-refractivity contribution in [2.45, 2.75) is 38.6 Å². The van der Waals surface area contributed by atoms with E-state index < -0.39 is 0 Å². The van der Waals surface area contributed by atoms with Crippen LogP contribution in [0.3, 0.4) is 0 Å². The highest BCUT2D eigenvalue weighted by Gasteiger charge is 2.05. The fourth-order valence-electron chi connectivity index (χ4n) is 2.16. The standard InChI is InChI=1S/C16H21NS/c1-13-4-2-3-5-15(13)7-9-16(17)8-6-14-10-11-18-12-14/h2-5,10-12,16H,6-9,17H2,1H3. The maximum absolute atomic E-state index is 6.19. The van der Waals surface area contributed by atoms with E-state index in [1.54, 1.807) is 11.3 Å². The van der Waals surface area contributed by atoms with E-state index in [0.29, 0.717) is 6.04 Å². The predicted octanol–water partition coefficient (Wildman–Crippen LogP) is 3.95. The summed E-state index contributed by atoms with van der Waals surface area (Å²) in [4.78, 5) is 0. The molecule has 2 rings (SSSR count). The molecule has 96 valence electrons. The van der Waals surface area contributed by atoms with E-state index >= 15 is 0 Å². The van der Waals surface area contributed by atoms with Gasteiger partial charge in [0.2, 0.25) is 0 Å². The van der Waals surface area contributed by atoms with Crippen LogP contribution in [0.1, 0.15) is 29.5 Å². The minimum Gasteiger partial charge on any atom is -0.328 e. The molecule has 1 atom stereocenters. The Bertz CT molecular complexity index is 462. The third-order valence-electron chi connectivity index (χ3n) is 3.43. The van der Waals surface area contributed by atoms with Gasteiger partial charge in [0.15, 0.2) is 0 Å². The lowest BCUT2D eigenvalue weighted by Crippen LogP contribution is -2.21. The van der Waals surface area contributed by atoms with E-state index in [9.17, 15) is 0 Å². The molecule has 1 heterocycles. The lowest BCUT2D eigenvalue weighted by Gasteiger charge is -2.12. The molecule has 1 aromatic heterocycles. The zero-order valence-electron chi connectivity index (χ0n) is 10.9. The summed E-state index contributed by atoms with van der Waals surface area (Å²) in [5, 5.41) is 4.35. The van der Waals surface area contributed by atoms with Crippen LogP contribution in [-0.2, 0) is 12.8 Å². The van der Waals surface area contributed by atoms with Gasteiger partial charge in [-0.25, -0.2) is 0 Å². The van der Waals surface area contributed by atoms with Crippen LogP contribution in [-0.4, -0.2) is 6.04 Å². The number of aryl methyl sites for hydroxylation is 3. The second kappa shape index (κ2) is 6.72. The van der Waals surface area contributed by atoms with E-state index in [1.165, 1.54) is 16.7 Å². The molecule has 2 aromatic rings. The number of nitrogens with two attached hydrogens (primary N) is 1. The summed E-state index contributed by atoms with van der Waals surface area (Å²) < 4.78 is 0. The number of hydrogen-bond acceptors (Lipinski definition) is 2. The van der Waals surface area contributed by atoms with Crippen molar-refractivity contribution in [1.29, 1.82) is 0 Å². The van der Waals surface area contributed by atoms with Gasteiger partial charge in [-0.1, -0.05) is 24.3 Å². The molecule has 1 nitrogen and oxygen atoms in total. The molecule has 0 bridgehead atoms. The van der Waals surface area contributed by atoms with Gasteiger partial charge in [-0.3, -0.25) is 0 Å². The van der Waals surface area contributed by atoms with Crippen molar-refractivity contribution in [2.24, 2.45) is 5.73 Å². The Morgan fingerprint density at radius 1 is 1.11 bits per heavy atom. The third kappa shape index (κ3) is 3.97. The first-order chi connectivity index (χ1) is 8.75. The van der Waals surface area contributed by atoms with Crippen LogP contribution < -0.4 is 5.73 Å². The van der Waals surface area contributed by atoms with Crippen molar-refractivity contribution in [2.75, 3.05) is 0 Å². The molecule has 2 heteroatoms. The number of thiophene rings is 1. The first kappa shape index (κ1) is 13.3. The quantitative estimate of drug-likeness (QED) is 0.835. The minimum atomic E-state index is 0.310. The molecule has 0 aliphatic rings. The molecule has 0 amide bonds. The summed E-state index contributed by atoms with van der Waals surface area (Å²) in [5.41, 5.74) is 10.4. The van der Waals surface area contributed by atoms with Gasteiger partial charge in [-0.2, -0.15) is 11.3 Å². The second-order valence-electron chi connectivity index (χ2n) is 4.90. The van der Waals surface area contributed by atoms with Crippen molar-refractivity contribution in [3.63, 3.8) is 0 Å². The van der Waals surface area contributed by atoms with Crippen LogP contribution in [0.25, 0.3) is 0 Å². The fraction of sp³-hybridized carbons (Fsp3) is 0.375. The topological polar surface area (TPSA) is 26.0 Å². The number of hydrogen-bond donors (Lipinski definition) is 1. The maximum atomic E-state index is 6.19. The van der Waals surface area contributed by atoms with Gasteiger partial charge in [-0.15, -0.1) is 0 Å². The number of benzene rings is 1. The molecular formula is C16H21NS. The van der Waals surface area contributed by atoms with Crippen LogP contribution >= 0.6 is 11.3 Å². The first-order valence-corrected chi connectivity index (χ1v) is 7.51. The van der Waals surface area contributed by atoms with Gasteiger partial charge >= 0.3 is 0 Å². The summed E-state index contributed by atoms with van der Waals surface area (Å²) >= 11 is 1.76. The predicted molar refractivity (Wildman–Crippen MR) is 80.1 cm³/mol. The van der Waals surface area contributed by atoms with Gasteiger partial charge < -0.3 is 5.73 Å². The average Bonchev–Trinajstić information content (AvgIpc) is 2.88. The van der Waals surface area contributed by atoms with Crippen LogP contribution in [0.2, 0.25) is 0 Å². The van der Waals surface area contributed by atoms with Crippen LogP contribution in [0.4, 0.5) is 0 Å². The summed E-state index contributed by atoms with van der Waals surface area (Å²) in [7, 11) is 0. The van der Waals surface area contributed by atoms with Crippen molar-refractivity contribution >= 4 is 11.3 Å². The highest BCUT2D eigenvalue weighted by Crippen LogP contribution is 2.13. The molecule has 0 aliphatic carbocycles. The highest BCUT2D eigenvalue weighted by molar-refractivity contribution is 7.07. The molecule has 0 fully saturated rings. The third-order valence-corrected chi connectivity index (χ3v) is 4.16. The fourth-order valence-corrected chi connectivity index (χ4v) is 2.87. The van der Waals surface area contributed by atoms with Gasteiger partial charge in [-0.05, 0) is 66.1 Å². The Hall–Kier alpha value is -1.12. The lowest BCUT2D eigenvalue weighted by atomic mass is 9.98. The van der Waals surface area contributed by atoms with Crippen LogP contribution in [0.5, 0.6) is 0 Å². The summed E-state index contributed by atoms with van der Waals surface area (Å²) in [6.07, 6.45) is 4.37. The lowest BCUT2D eigenvalue weighted by molar-refractivity contribution is 0.568. The number of rotatable bonds is 6. The Morgan fingerprint density at radius 3 is 2.61 bits per heavy atom. The summed E-state index contributed by atoms with van der Waals surface area (Å²) in [5.74, 6) is 0. The maximum Gasteiger partial charge on any atom is 0.00451 e. The monoisotopic (exact) mass is 259 g/mol. The van der Waals surface area contributed by atoms with Crippen molar-refractivity contribution in [3.05, 3.63) is 57.8 Å². The van der Waals surface area contributed by atoms with Gasteiger partial charge in [0.05, 0.1) is 0 Å². The minimum absolute atomic E-state index is 0.310. The van der Waals surface area contributed by atoms with E-state index in [4.69, 9.17) is 5.73 Å². The molecule has 1 unspecified atom stereocenters. The summed E-state index contributed by atoms with van der Waals surface area (Å²) in [6.45, 7) is 2.17. The molecule has 2 N–H and O–H groups in total. The summed E-state index contributed by atoms with van der Waals surface area (Å²) in [6, 6.07) is 11.1. The molecule has 0 radical (unpaired) electrons. The molecule has 0 aliphatic heterocycles. The Kier molecular flexibility index (Phi) is 4.97. The SMILES string of the molecule is Cc1ccccc1CCC(N)CCc1ccsc1. The van der Waals surface area contributed by atoms with E-state index in [2.05, 4.69) is 48.0 Å². The average molecular weight is 259 g/mol. The van der Waals surface area contributed by atoms with Gasteiger partial charge in [0, 0.05) is 6.04 Å². The zero-order valence-corrected chi connectivity index (χ0v) is 11.7. The van der Waals surface area contributed by atoms with E-state index in [-0.39, 0.29) is 0 Å². The van der Waals surface area contributed by atoms with Gasteiger partial charge in [0.1, 0.15) is 0 Å². The van der Waals surface area contributed by atoms with Crippen LogP contribution in [0.15, 0.2) is 41.1 Å². The first-order valence-electron chi connectivity index (χ1n) is 6.57. The second-order valence-corrected chi connectivity index (χ2v) is 5.68. The highest BCUT2D eigenvalue weighted by atomic mass is 32.1. The van der Waals surface area contributed by atoms with Crippen LogP contribution in [0, 0.1) is 6.92 Å². The molecule has 0 spiro atoms. The van der Waals surface area contributed by atoms with Crippen molar-refractivity contribution in [1.82, 2.24) is 0 Å². The normalized spacial score (nSPS) is 12.6. The zero-order chi connectivity index (χ0) is 12.8. The molecule has 0 saturated heterocycles. The van der Waals surface area contributed by atoms with E-state index in [1.807, 2.05) is 0 Å². The van der Waals surface area contributed by atoms with E-state index in [0.717, 1.165) is 25.7 Å². The largest absolute Gasteiger partial charge is 0.328 e. The Morgan fingerprint density at radius 2 is 1.89 bits per heavy atom.